The summed E-state index contributed by atoms with van der Waals surface area (Å²) in [5, 5.41) is 20.8. The van der Waals surface area contributed by atoms with E-state index >= 15 is 0 Å². The molecule has 4 rings (SSSR count). The summed E-state index contributed by atoms with van der Waals surface area (Å²) < 4.78 is 17.0. The fourth-order valence-electron chi connectivity index (χ4n) is 4.11. The summed E-state index contributed by atoms with van der Waals surface area (Å²) >= 11 is 6.55. The summed E-state index contributed by atoms with van der Waals surface area (Å²) in [4.78, 5) is 23.1. The van der Waals surface area contributed by atoms with Gasteiger partial charge >= 0.3 is 0 Å². The quantitative estimate of drug-likeness (QED) is 0.464. The minimum absolute atomic E-state index is 0.0215. The van der Waals surface area contributed by atoms with Crippen LogP contribution in [0, 0.1) is 21.4 Å². The topological polar surface area (TPSA) is 138 Å². The van der Waals surface area contributed by atoms with Gasteiger partial charge in [-0.2, -0.15) is 5.26 Å². The monoisotopic (exact) mass is 481 g/mol. The fraction of sp³-hybridized carbons (Fsp3) is 0.250. The van der Waals surface area contributed by atoms with Crippen molar-refractivity contribution < 1.29 is 23.9 Å². The number of benzene rings is 2. The molecular formula is C24H20ClN3O6. The standard InChI is InChI=1S/C24H20ClN3O6/c1-32-20-10-14(21-16(11-26)24(27)34-19-4-2-3-18(29)22(19)21)9-17(25)23(20)33-12-13-5-7-15(8-6-13)28(30)31/h5-10,21H,2-4,12,27H2,1H3. The van der Waals surface area contributed by atoms with Crippen molar-refractivity contribution >= 4 is 23.1 Å². The molecule has 0 saturated heterocycles. The number of allylic oxidation sites excluding steroid dienone is 3. The average Bonchev–Trinajstić information content (AvgIpc) is 2.82. The van der Waals surface area contributed by atoms with Crippen LogP contribution in [-0.2, 0) is 16.1 Å². The Hall–Kier alpha value is -4.03. The summed E-state index contributed by atoms with van der Waals surface area (Å²) in [7, 11) is 1.45. The Kier molecular flexibility index (Phi) is 6.43. The first kappa shape index (κ1) is 23.1. The highest BCUT2D eigenvalue weighted by molar-refractivity contribution is 6.32. The van der Waals surface area contributed by atoms with Gasteiger partial charge < -0.3 is 19.9 Å². The normalized spacial score (nSPS) is 17.6. The van der Waals surface area contributed by atoms with Gasteiger partial charge in [0.2, 0.25) is 5.88 Å². The molecule has 2 N–H and O–H groups in total. The maximum atomic E-state index is 12.8. The van der Waals surface area contributed by atoms with Gasteiger partial charge in [0.05, 0.1) is 23.0 Å². The molecule has 0 amide bonds. The first-order valence-electron chi connectivity index (χ1n) is 10.4. The Balaban J connectivity index is 1.68. The molecule has 2 aromatic rings. The molecule has 10 heteroatoms. The number of nitro benzene ring substituents is 1. The number of ketones is 1. The molecule has 174 valence electrons. The van der Waals surface area contributed by atoms with Gasteiger partial charge in [0.1, 0.15) is 24.0 Å². The first-order chi connectivity index (χ1) is 16.3. The maximum absolute atomic E-state index is 12.8. The van der Waals surface area contributed by atoms with Gasteiger partial charge in [-0.25, -0.2) is 0 Å². The SMILES string of the molecule is COc1cc(C2C(C#N)=C(N)OC3=C2C(=O)CCC3)cc(Cl)c1OCc1ccc([N+](=O)[O-])cc1. The average molecular weight is 482 g/mol. The number of nitriles is 1. The zero-order valence-corrected chi connectivity index (χ0v) is 18.9. The van der Waals surface area contributed by atoms with Crippen LogP contribution in [0.25, 0.3) is 0 Å². The van der Waals surface area contributed by atoms with Crippen LogP contribution in [0.3, 0.4) is 0 Å². The Morgan fingerprint density at radius 3 is 2.68 bits per heavy atom. The van der Waals surface area contributed by atoms with Crippen molar-refractivity contribution in [2.24, 2.45) is 5.73 Å². The predicted octanol–water partition coefficient (Wildman–Crippen LogP) is 4.65. The van der Waals surface area contributed by atoms with E-state index in [2.05, 4.69) is 6.07 Å². The zero-order valence-electron chi connectivity index (χ0n) is 18.2. The van der Waals surface area contributed by atoms with Crippen LogP contribution < -0.4 is 15.2 Å². The van der Waals surface area contributed by atoms with Crippen molar-refractivity contribution in [2.75, 3.05) is 7.11 Å². The summed E-state index contributed by atoms with van der Waals surface area (Å²) in [6.45, 7) is 0.0920. The van der Waals surface area contributed by atoms with Crippen LogP contribution >= 0.6 is 11.6 Å². The summed E-state index contributed by atoms with van der Waals surface area (Å²) in [6.07, 6.45) is 1.57. The lowest BCUT2D eigenvalue weighted by molar-refractivity contribution is -0.384. The molecule has 34 heavy (non-hydrogen) atoms. The van der Waals surface area contributed by atoms with E-state index in [-0.39, 0.29) is 40.3 Å². The predicted molar refractivity (Wildman–Crippen MR) is 122 cm³/mol. The van der Waals surface area contributed by atoms with Crippen LogP contribution in [0.15, 0.2) is 59.2 Å². The number of ether oxygens (including phenoxy) is 3. The van der Waals surface area contributed by atoms with E-state index in [1.807, 2.05) is 0 Å². The summed E-state index contributed by atoms with van der Waals surface area (Å²) in [5.41, 5.74) is 7.78. The Bertz CT molecular complexity index is 1280. The van der Waals surface area contributed by atoms with Crippen LogP contribution in [0.1, 0.15) is 36.3 Å². The van der Waals surface area contributed by atoms with Crippen molar-refractivity contribution in [3.8, 4) is 17.6 Å². The Morgan fingerprint density at radius 2 is 2.03 bits per heavy atom. The third-order valence-electron chi connectivity index (χ3n) is 5.72. The van der Waals surface area contributed by atoms with Crippen LogP contribution in [-0.4, -0.2) is 17.8 Å². The third-order valence-corrected chi connectivity index (χ3v) is 6.00. The van der Waals surface area contributed by atoms with Gasteiger partial charge in [-0.05, 0) is 41.8 Å². The molecule has 2 aliphatic rings. The van der Waals surface area contributed by atoms with Gasteiger partial charge in [0.25, 0.3) is 5.69 Å². The van der Waals surface area contributed by atoms with E-state index in [1.54, 1.807) is 24.3 Å². The molecule has 1 heterocycles. The van der Waals surface area contributed by atoms with Crippen molar-refractivity contribution in [2.45, 2.75) is 31.8 Å². The van der Waals surface area contributed by atoms with Gasteiger partial charge in [0.15, 0.2) is 17.3 Å². The van der Waals surface area contributed by atoms with Crippen LogP contribution in [0.2, 0.25) is 5.02 Å². The fourth-order valence-corrected chi connectivity index (χ4v) is 4.38. The molecule has 0 spiro atoms. The van der Waals surface area contributed by atoms with E-state index in [4.69, 9.17) is 31.5 Å². The highest BCUT2D eigenvalue weighted by atomic mass is 35.5. The number of Topliss-reactive ketones (excluding diaryl/α,β-unsaturated/α-hetero) is 1. The molecule has 0 saturated carbocycles. The molecule has 9 nitrogen and oxygen atoms in total. The lowest BCUT2D eigenvalue weighted by Crippen LogP contribution is -2.27. The minimum Gasteiger partial charge on any atom is -0.493 e. The Labute approximate surface area is 200 Å². The van der Waals surface area contributed by atoms with Crippen molar-refractivity contribution in [1.82, 2.24) is 0 Å². The molecule has 0 aromatic heterocycles. The second-order valence-corrected chi connectivity index (χ2v) is 8.19. The van der Waals surface area contributed by atoms with Crippen molar-refractivity contribution in [3.63, 3.8) is 0 Å². The molecule has 0 bridgehead atoms. The van der Waals surface area contributed by atoms with Crippen molar-refractivity contribution in [1.29, 1.82) is 5.26 Å². The van der Waals surface area contributed by atoms with Crippen LogP contribution in [0.4, 0.5) is 5.69 Å². The number of nitrogens with two attached hydrogens (primary N) is 1. The summed E-state index contributed by atoms with van der Waals surface area (Å²) in [5.74, 6) is 0.188. The zero-order chi connectivity index (χ0) is 24.4. The second kappa shape index (κ2) is 9.45. The molecule has 1 atom stereocenters. The van der Waals surface area contributed by atoms with Crippen LogP contribution in [0.5, 0.6) is 11.5 Å². The van der Waals surface area contributed by atoms with E-state index in [1.165, 1.54) is 19.2 Å². The first-order valence-corrected chi connectivity index (χ1v) is 10.8. The lowest BCUT2D eigenvalue weighted by Gasteiger charge is -2.31. The molecule has 1 aliphatic heterocycles. The molecule has 0 radical (unpaired) electrons. The Morgan fingerprint density at radius 1 is 1.29 bits per heavy atom. The molecule has 0 fully saturated rings. The summed E-state index contributed by atoms with van der Waals surface area (Å²) in [6, 6.07) is 11.3. The van der Waals surface area contributed by atoms with Gasteiger partial charge in [-0.15, -0.1) is 0 Å². The van der Waals surface area contributed by atoms with E-state index in [0.717, 1.165) is 0 Å². The third kappa shape index (κ3) is 4.28. The largest absolute Gasteiger partial charge is 0.493 e. The number of hydrogen-bond acceptors (Lipinski definition) is 8. The number of nitrogens with zero attached hydrogens (tertiary/aromatic N) is 2. The number of carbonyl (C=O) groups excluding carboxylic acids is 1. The van der Waals surface area contributed by atoms with E-state index in [0.29, 0.717) is 47.5 Å². The minimum atomic E-state index is -0.725. The highest BCUT2D eigenvalue weighted by Crippen LogP contribution is 2.47. The molecule has 1 unspecified atom stereocenters. The smallest absolute Gasteiger partial charge is 0.269 e. The number of methoxy groups -OCH3 is 1. The number of hydrogen-bond donors (Lipinski definition) is 1. The van der Waals surface area contributed by atoms with Crippen molar-refractivity contribution in [3.05, 3.63) is 85.5 Å². The van der Waals surface area contributed by atoms with E-state index < -0.39 is 10.8 Å². The molecule has 1 aliphatic carbocycles. The number of halogens is 1. The van der Waals surface area contributed by atoms with Gasteiger partial charge in [-0.3, -0.25) is 14.9 Å². The lowest BCUT2D eigenvalue weighted by atomic mass is 9.77. The van der Waals surface area contributed by atoms with Gasteiger partial charge in [-0.1, -0.05) is 11.6 Å². The van der Waals surface area contributed by atoms with Gasteiger partial charge in [0, 0.05) is 30.5 Å². The van der Waals surface area contributed by atoms with E-state index in [9.17, 15) is 20.2 Å². The number of rotatable bonds is 6. The maximum Gasteiger partial charge on any atom is 0.269 e. The highest BCUT2D eigenvalue weighted by Gasteiger charge is 2.38. The molecular weight excluding hydrogens is 462 g/mol. The number of nitro groups is 1. The number of non-ortho nitro benzene ring substituents is 1. The second-order valence-electron chi connectivity index (χ2n) is 7.78. The number of carbonyl (C=O) groups is 1. The molecule has 2 aromatic carbocycles.